The summed E-state index contributed by atoms with van der Waals surface area (Å²) in [6, 6.07) is 3.78. The first-order chi connectivity index (χ1) is 15.7. The number of hydrogen-bond acceptors (Lipinski definition) is 5. The maximum Gasteiger partial charge on any atom is 0.573 e. The molecule has 33 heavy (non-hydrogen) atoms. The fraction of sp³-hybridized carbons (Fsp3) is 0.480. The van der Waals surface area contributed by atoms with E-state index in [1.807, 2.05) is 58.6 Å². The molecule has 2 aliphatic rings. The van der Waals surface area contributed by atoms with Crippen molar-refractivity contribution in [2.24, 2.45) is 0 Å². The first-order valence-corrected chi connectivity index (χ1v) is 11.0. The summed E-state index contributed by atoms with van der Waals surface area (Å²) in [5.74, 6) is 0.0548. The summed E-state index contributed by atoms with van der Waals surface area (Å²) >= 11 is 0. The Kier molecular flexibility index (Phi) is 11.2. The van der Waals surface area contributed by atoms with Gasteiger partial charge in [0.25, 0.3) is 0 Å². The van der Waals surface area contributed by atoms with Crippen LogP contribution < -0.4 is 9.64 Å². The van der Waals surface area contributed by atoms with Crippen molar-refractivity contribution in [1.29, 1.82) is 0 Å². The van der Waals surface area contributed by atoms with Crippen LogP contribution in [-0.4, -0.2) is 39.1 Å². The number of alkyl halides is 3. The van der Waals surface area contributed by atoms with Crippen molar-refractivity contribution in [2.45, 2.75) is 54.3 Å². The molecule has 0 atom stereocenters. The van der Waals surface area contributed by atoms with Crippen LogP contribution in [0.5, 0.6) is 5.75 Å². The molecule has 1 aliphatic heterocycles. The Labute approximate surface area is 194 Å². The number of hydrogen-bond donors (Lipinski definition) is 0. The molecular weight excluding hydrogens is 435 g/mol. The van der Waals surface area contributed by atoms with Gasteiger partial charge in [0.1, 0.15) is 24.8 Å². The second-order valence-electron chi connectivity index (χ2n) is 7.02. The molecular formula is C25H34F3NO4. The summed E-state index contributed by atoms with van der Waals surface area (Å²) in [5.41, 5.74) is 3.74. The number of rotatable bonds is 4. The van der Waals surface area contributed by atoms with E-state index in [9.17, 15) is 18.0 Å². The largest absolute Gasteiger partial charge is 0.573 e. The van der Waals surface area contributed by atoms with Gasteiger partial charge in [-0.2, -0.15) is 0 Å². The Balaban J connectivity index is 0.00000129. The Morgan fingerprint density at radius 1 is 1.09 bits per heavy atom. The van der Waals surface area contributed by atoms with Crippen LogP contribution in [0.1, 0.15) is 58.3 Å². The summed E-state index contributed by atoms with van der Waals surface area (Å²) in [6.45, 7) is 12.3. The van der Waals surface area contributed by atoms with Gasteiger partial charge in [-0.1, -0.05) is 45.4 Å². The van der Waals surface area contributed by atoms with Gasteiger partial charge in [-0.15, -0.1) is 13.2 Å². The Morgan fingerprint density at radius 2 is 1.76 bits per heavy atom. The second kappa shape index (κ2) is 13.1. The minimum Gasteiger partial charge on any atom is -0.500 e. The minimum atomic E-state index is -4.82. The molecule has 0 unspecified atom stereocenters. The van der Waals surface area contributed by atoms with Crippen molar-refractivity contribution >= 4 is 11.5 Å². The predicted octanol–water partition coefficient (Wildman–Crippen LogP) is 6.81. The van der Waals surface area contributed by atoms with E-state index < -0.39 is 17.9 Å². The molecule has 1 heterocycles. The van der Waals surface area contributed by atoms with Crippen LogP contribution in [0.2, 0.25) is 0 Å². The molecule has 184 valence electrons. The molecule has 0 radical (unpaired) electrons. The number of fused-ring (bicyclic) bond motifs is 1. The number of anilines is 1. The van der Waals surface area contributed by atoms with E-state index in [4.69, 9.17) is 9.47 Å². The van der Waals surface area contributed by atoms with Gasteiger partial charge in [0.15, 0.2) is 5.78 Å². The molecule has 1 aliphatic carbocycles. The van der Waals surface area contributed by atoms with Gasteiger partial charge in [0.2, 0.25) is 0 Å². The molecule has 0 aromatic heterocycles. The van der Waals surface area contributed by atoms with Crippen molar-refractivity contribution in [2.75, 3.05) is 31.9 Å². The van der Waals surface area contributed by atoms with Crippen LogP contribution in [-0.2, 0) is 9.47 Å². The Morgan fingerprint density at radius 3 is 2.36 bits per heavy atom. The topological polar surface area (TPSA) is 48.0 Å². The van der Waals surface area contributed by atoms with E-state index in [-0.39, 0.29) is 18.9 Å². The number of allylic oxidation sites excluding steroid dienone is 3. The van der Waals surface area contributed by atoms with Gasteiger partial charge in [-0.05, 0) is 43.2 Å². The van der Waals surface area contributed by atoms with E-state index in [1.165, 1.54) is 12.1 Å². The highest BCUT2D eigenvalue weighted by Gasteiger charge is 2.32. The maximum atomic E-state index is 12.5. The fourth-order valence-electron chi connectivity index (χ4n) is 3.44. The summed E-state index contributed by atoms with van der Waals surface area (Å²) in [7, 11) is 1.63. The molecule has 0 saturated carbocycles. The van der Waals surface area contributed by atoms with Crippen molar-refractivity contribution < 1.29 is 32.2 Å². The Hall–Kier alpha value is -2.74. The molecule has 0 N–H and O–H groups in total. The molecule has 1 aromatic rings. The zero-order valence-corrected chi connectivity index (χ0v) is 20.4. The Bertz CT molecular complexity index is 901. The lowest BCUT2D eigenvalue weighted by Crippen LogP contribution is -2.27. The predicted molar refractivity (Wildman–Crippen MR) is 124 cm³/mol. The number of ether oxygens (including phenoxy) is 3. The summed E-state index contributed by atoms with van der Waals surface area (Å²) < 4.78 is 52.5. The monoisotopic (exact) mass is 469 g/mol. The van der Waals surface area contributed by atoms with Crippen LogP contribution >= 0.6 is 0 Å². The van der Waals surface area contributed by atoms with Crippen molar-refractivity contribution in [3.05, 3.63) is 58.4 Å². The first-order valence-electron chi connectivity index (χ1n) is 11.0. The second-order valence-corrected chi connectivity index (χ2v) is 7.02. The third-order valence-corrected chi connectivity index (χ3v) is 4.66. The van der Waals surface area contributed by atoms with E-state index in [1.54, 1.807) is 7.11 Å². The standard InChI is InChI=1S/C21H22F3NO4.2C2H6/c1-13-6-15(8-14(2)20(7-13)27-3)10-25-12-28-11-19(26)17-9-16(4-5-18(17)25)29-21(22,23)24;2*1-2/h4-6,8-9H,7,10-12H2,1-3H3;2*1-2H3. The first kappa shape index (κ1) is 28.3. The molecule has 3 rings (SSSR count). The van der Waals surface area contributed by atoms with E-state index in [0.717, 1.165) is 28.5 Å². The zero-order valence-electron chi connectivity index (χ0n) is 20.4. The molecule has 1 aromatic carbocycles. The number of methoxy groups -OCH3 is 1. The minimum absolute atomic E-state index is 0.141. The number of Topliss-reactive ketones (excluding diaryl/α,β-unsaturated/α-hetero) is 1. The molecule has 0 fully saturated rings. The van der Waals surface area contributed by atoms with Crippen LogP contribution in [0, 0.1) is 0 Å². The summed E-state index contributed by atoms with van der Waals surface area (Å²) in [5, 5.41) is 0. The van der Waals surface area contributed by atoms with E-state index >= 15 is 0 Å². The van der Waals surface area contributed by atoms with E-state index in [0.29, 0.717) is 18.7 Å². The quantitative estimate of drug-likeness (QED) is 0.485. The molecule has 0 amide bonds. The third-order valence-electron chi connectivity index (χ3n) is 4.66. The molecule has 0 spiro atoms. The molecule has 8 heteroatoms. The number of ketones is 1. The lowest BCUT2D eigenvalue weighted by Gasteiger charge is -2.25. The van der Waals surface area contributed by atoms with Gasteiger partial charge in [-0.25, -0.2) is 0 Å². The SMILES string of the molecule is CC.CC.COC1=C(C)C=C(CN2COCC(=O)c3cc(OC(F)(F)F)ccc32)C=C(C)C1. The highest BCUT2D eigenvalue weighted by molar-refractivity contribution is 6.03. The van der Waals surface area contributed by atoms with Crippen LogP contribution in [0.4, 0.5) is 18.9 Å². The van der Waals surface area contributed by atoms with Crippen molar-refractivity contribution in [3.8, 4) is 5.75 Å². The van der Waals surface area contributed by atoms with E-state index in [2.05, 4.69) is 4.74 Å². The highest BCUT2D eigenvalue weighted by Crippen LogP contribution is 2.32. The van der Waals surface area contributed by atoms with Crippen LogP contribution in [0.3, 0.4) is 0 Å². The van der Waals surface area contributed by atoms with Gasteiger partial charge in [0.05, 0.1) is 12.8 Å². The summed E-state index contributed by atoms with van der Waals surface area (Å²) in [4.78, 5) is 14.2. The number of nitrogens with zero attached hydrogens (tertiary/aromatic N) is 1. The van der Waals surface area contributed by atoms with Gasteiger partial charge in [0, 0.05) is 18.5 Å². The molecule has 5 nitrogen and oxygen atoms in total. The van der Waals surface area contributed by atoms with Crippen molar-refractivity contribution in [3.63, 3.8) is 0 Å². The highest BCUT2D eigenvalue weighted by atomic mass is 19.4. The molecule has 0 saturated heterocycles. The number of benzene rings is 1. The van der Waals surface area contributed by atoms with Crippen LogP contribution in [0.15, 0.2) is 52.8 Å². The van der Waals surface area contributed by atoms with Gasteiger partial charge >= 0.3 is 6.36 Å². The number of halogens is 3. The molecule has 0 bridgehead atoms. The lowest BCUT2D eigenvalue weighted by molar-refractivity contribution is -0.274. The third kappa shape index (κ3) is 8.28. The zero-order chi connectivity index (χ0) is 25.2. The van der Waals surface area contributed by atoms with Gasteiger partial charge < -0.3 is 19.1 Å². The van der Waals surface area contributed by atoms with Crippen molar-refractivity contribution in [1.82, 2.24) is 0 Å². The maximum absolute atomic E-state index is 12.5. The number of carbonyl (C=O) groups is 1. The summed E-state index contributed by atoms with van der Waals surface area (Å²) in [6.07, 6.45) is -0.0768. The fourth-order valence-corrected chi connectivity index (χ4v) is 3.44. The lowest BCUT2D eigenvalue weighted by atomic mass is 10.1. The average Bonchev–Trinajstić information content (AvgIpc) is 3.01. The normalized spacial score (nSPS) is 16.1. The number of carbonyl (C=O) groups excluding carboxylic acids is 1. The smallest absolute Gasteiger partial charge is 0.500 e. The van der Waals surface area contributed by atoms with Gasteiger partial charge in [-0.3, -0.25) is 4.79 Å². The van der Waals surface area contributed by atoms with Crippen LogP contribution in [0.25, 0.3) is 0 Å². The average molecular weight is 470 g/mol.